The third-order valence-corrected chi connectivity index (χ3v) is 25.6. The van der Waals surface area contributed by atoms with Gasteiger partial charge in [-0.1, -0.05) is 0 Å². The van der Waals surface area contributed by atoms with Crippen LogP contribution in [0.5, 0.6) is 0 Å². The van der Waals surface area contributed by atoms with Crippen LogP contribution in [0.2, 0.25) is 16.5 Å². The minimum atomic E-state index is -2.92. The number of hydrogen-bond donors (Lipinski definition) is 0. The SMILES string of the molecule is CC1CCCC2=C1C=C[CH]2[Zr]([CH3])([CH3])(=[SiH2])[CH]1C=CC2=C1CCCC2C.Cl.Cl. The van der Waals surface area contributed by atoms with Gasteiger partial charge in [-0.3, -0.25) is 0 Å². The molecule has 0 aromatic rings. The van der Waals surface area contributed by atoms with E-state index < -0.39 is 17.4 Å². The Bertz CT molecular complexity index is 707. The Morgan fingerprint density at radius 3 is 1.58 bits per heavy atom. The zero-order chi connectivity index (χ0) is 17.1. The Balaban J connectivity index is 0.00000121. The Kier molecular flexibility index (Phi) is 6.89. The predicted molar refractivity (Wildman–Crippen MR) is 121 cm³/mol. The van der Waals surface area contributed by atoms with E-state index in [4.69, 9.17) is 0 Å². The summed E-state index contributed by atoms with van der Waals surface area (Å²) >= 11 is -2.92. The van der Waals surface area contributed by atoms with Crippen LogP contribution in [-0.4, -0.2) is 6.88 Å². The molecule has 0 aliphatic heterocycles. The molecule has 4 aliphatic carbocycles. The van der Waals surface area contributed by atoms with Crippen molar-refractivity contribution in [2.45, 2.75) is 68.9 Å². The summed E-state index contributed by atoms with van der Waals surface area (Å²) in [4.78, 5) is 0. The average Bonchev–Trinajstić information content (AvgIpc) is 3.12. The van der Waals surface area contributed by atoms with Crippen molar-refractivity contribution < 1.29 is 17.4 Å². The van der Waals surface area contributed by atoms with E-state index in [1.807, 2.05) is 11.1 Å². The van der Waals surface area contributed by atoms with E-state index in [-0.39, 0.29) is 24.8 Å². The fourth-order valence-electron chi connectivity index (χ4n) is 6.24. The maximum absolute atomic E-state index is 2.92. The van der Waals surface area contributed by atoms with Gasteiger partial charge in [0.2, 0.25) is 0 Å². The Labute approximate surface area is 175 Å². The van der Waals surface area contributed by atoms with Gasteiger partial charge in [-0.05, 0) is 0 Å². The van der Waals surface area contributed by atoms with Crippen LogP contribution in [0.1, 0.15) is 52.4 Å². The molecule has 0 amide bonds. The van der Waals surface area contributed by atoms with Gasteiger partial charge in [-0.2, -0.15) is 0 Å². The van der Waals surface area contributed by atoms with Crippen molar-refractivity contribution in [3.8, 4) is 0 Å². The first kappa shape index (κ1) is 22.9. The summed E-state index contributed by atoms with van der Waals surface area (Å²) in [6.07, 6.45) is 18.8. The van der Waals surface area contributed by atoms with Gasteiger partial charge in [0, 0.05) is 0 Å². The van der Waals surface area contributed by atoms with Crippen molar-refractivity contribution in [3.05, 3.63) is 46.6 Å². The molecule has 0 aromatic carbocycles. The first-order valence-corrected chi connectivity index (χ1v) is 23.9. The molecule has 0 saturated heterocycles. The molecule has 146 valence electrons. The largest absolute Gasteiger partial charge is 0.147 e. The molecular weight excluding hydrogens is 454 g/mol. The molecule has 0 fully saturated rings. The van der Waals surface area contributed by atoms with Crippen LogP contribution in [-0.2, 0) is 17.4 Å². The number of halogens is 2. The summed E-state index contributed by atoms with van der Waals surface area (Å²) in [7, 11) is 0. The molecule has 26 heavy (non-hydrogen) atoms. The summed E-state index contributed by atoms with van der Waals surface area (Å²) < 4.78 is 7.19. The summed E-state index contributed by atoms with van der Waals surface area (Å²) in [5.41, 5.74) is 7.20. The van der Waals surface area contributed by atoms with E-state index in [9.17, 15) is 0 Å². The quantitative estimate of drug-likeness (QED) is 0.362. The maximum atomic E-state index is 2.77. The van der Waals surface area contributed by atoms with E-state index in [0.29, 0.717) is 0 Å². The van der Waals surface area contributed by atoms with Crippen LogP contribution in [0.15, 0.2) is 46.6 Å². The third kappa shape index (κ3) is 3.51. The monoisotopic (exact) mass is 488 g/mol. The molecule has 0 saturated carbocycles. The van der Waals surface area contributed by atoms with Gasteiger partial charge in [0.1, 0.15) is 0 Å². The van der Waals surface area contributed by atoms with E-state index in [1.165, 1.54) is 38.5 Å². The normalized spacial score (nSPS) is 33.6. The van der Waals surface area contributed by atoms with E-state index >= 15 is 0 Å². The molecule has 0 nitrogen and oxygen atoms in total. The minimum absolute atomic E-state index is 0. The molecule has 4 unspecified atom stereocenters. The van der Waals surface area contributed by atoms with Gasteiger partial charge in [0.15, 0.2) is 0 Å². The van der Waals surface area contributed by atoms with E-state index in [1.54, 1.807) is 11.1 Å². The molecular formula is C22H36Cl2SiZr. The molecule has 0 spiro atoms. The average molecular weight is 491 g/mol. The molecule has 4 heteroatoms. The van der Waals surface area contributed by atoms with Gasteiger partial charge >= 0.3 is 152 Å². The zero-order valence-electron chi connectivity index (χ0n) is 16.9. The minimum Gasteiger partial charge on any atom is -0.147 e. The van der Waals surface area contributed by atoms with Crippen molar-refractivity contribution >= 4 is 31.7 Å². The number of rotatable bonds is 2. The van der Waals surface area contributed by atoms with Gasteiger partial charge in [0.05, 0.1) is 0 Å². The predicted octanol–water partition coefficient (Wildman–Crippen LogP) is 7.11. The Morgan fingerprint density at radius 2 is 1.19 bits per heavy atom. The van der Waals surface area contributed by atoms with Gasteiger partial charge in [-0.25, -0.2) is 0 Å². The summed E-state index contributed by atoms with van der Waals surface area (Å²) in [5.74, 6) is 1.60. The smallest absolute Gasteiger partial charge is 0.147 e. The van der Waals surface area contributed by atoms with Crippen molar-refractivity contribution in [1.82, 2.24) is 0 Å². The molecule has 0 radical (unpaired) electrons. The molecule has 4 atom stereocenters. The van der Waals surface area contributed by atoms with Crippen molar-refractivity contribution in [2.75, 3.05) is 0 Å². The van der Waals surface area contributed by atoms with Crippen molar-refractivity contribution in [3.63, 3.8) is 0 Å². The molecule has 0 N–H and O–H groups in total. The fourth-order valence-corrected chi connectivity index (χ4v) is 22.5. The molecule has 4 rings (SSSR count). The van der Waals surface area contributed by atoms with E-state index in [0.717, 1.165) is 19.1 Å². The van der Waals surface area contributed by atoms with Gasteiger partial charge < -0.3 is 0 Å². The van der Waals surface area contributed by atoms with Crippen LogP contribution >= 0.6 is 24.8 Å². The second-order valence-corrected chi connectivity index (χ2v) is 40.9. The summed E-state index contributed by atoms with van der Waals surface area (Å²) in [5, 5.41) is 0. The summed E-state index contributed by atoms with van der Waals surface area (Å²) in [6.45, 7) is 7.40. The summed E-state index contributed by atoms with van der Waals surface area (Å²) in [6, 6.07) is 0. The van der Waals surface area contributed by atoms with Gasteiger partial charge in [-0.15, -0.1) is 24.8 Å². The third-order valence-electron chi connectivity index (χ3n) is 7.70. The van der Waals surface area contributed by atoms with Crippen LogP contribution in [0.25, 0.3) is 0 Å². The first-order chi connectivity index (χ1) is 11.3. The fraction of sp³-hybridized carbons (Fsp3) is 0.636. The first-order valence-electron chi connectivity index (χ1n) is 10.2. The Morgan fingerprint density at radius 1 is 0.808 bits per heavy atom. The standard InChI is InChI=1S/2C10H13.2CH3.2ClH.H2Si.Zr/c2*1-8-4-2-5-9-6-3-7-10(8)9;;;;;;/h2*3,6-8H,2,4-5H2,1H3;2*1H3;2*1H;1H2;. The van der Waals surface area contributed by atoms with Gasteiger partial charge in [0.25, 0.3) is 0 Å². The second-order valence-electron chi connectivity index (χ2n) is 10.2. The maximum Gasteiger partial charge on any atom is -0.147 e. The van der Waals surface area contributed by atoms with Crippen LogP contribution in [0, 0.1) is 11.8 Å². The number of allylic oxidation sites excluding steroid dienone is 8. The second kappa shape index (κ2) is 7.81. The zero-order valence-corrected chi connectivity index (χ0v) is 22.4. The van der Waals surface area contributed by atoms with E-state index in [2.05, 4.69) is 54.3 Å². The van der Waals surface area contributed by atoms with Crippen molar-refractivity contribution in [1.29, 1.82) is 0 Å². The van der Waals surface area contributed by atoms with Crippen LogP contribution < -0.4 is 0 Å². The van der Waals surface area contributed by atoms with Crippen molar-refractivity contribution in [2.24, 2.45) is 11.8 Å². The molecule has 0 heterocycles. The molecule has 4 aliphatic rings. The molecule has 0 aromatic heterocycles. The van der Waals surface area contributed by atoms with Crippen LogP contribution in [0.3, 0.4) is 0 Å². The van der Waals surface area contributed by atoms with Crippen LogP contribution in [0.4, 0.5) is 0 Å². The number of hydrogen-bond acceptors (Lipinski definition) is 0. The Hall–Kier alpha value is 0.640. The molecule has 0 bridgehead atoms. The topological polar surface area (TPSA) is 0 Å².